The molecule has 14 heteroatoms. The number of likely N-dealkylation sites (N-methyl/N-ethyl adjacent to an activating group) is 1. The summed E-state index contributed by atoms with van der Waals surface area (Å²) in [6.45, 7) is 7.07. The largest absolute Gasteiger partial charge is 0.491 e. The van der Waals surface area contributed by atoms with Gasteiger partial charge in [-0.1, -0.05) is 12.1 Å². The lowest BCUT2D eigenvalue weighted by molar-refractivity contribution is -0.192. The van der Waals surface area contributed by atoms with Crippen molar-refractivity contribution in [2.45, 2.75) is 57.6 Å². The lowest BCUT2D eigenvalue weighted by Gasteiger charge is -2.43. The predicted octanol–water partition coefficient (Wildman–Crippen LogP) is 3.44. The van der Waals surface area contributed by atoms with Crippen LogP contribution in [0.5, 0.6) is 5.75 Å². The standard InChI is InChI=1S/C26H30FN5O3.C2HF3O2/c1-18(2)35-22-10-4-19(5-11-22)16-30-14-12-26(13-15-30)17-31-23(33)24(34)32(28-25(31)29(26)3)21-8-6-20(27)7-9-21;3-2(4,5)1(6)7/h4-11,18H,12-17H2,1-3H3;(H,6,7). The van der Waals surface area contributed by atoms with Crippen molar-refractivity contribution >= 4 is 11.9 Å². The van der Waals surface area contributed by atoms with Crippen molar-refractivity contribution in [3.05, 3.63) is 80.6 Å². The van der Waals surface area contributed by atoms with Gasteiger partial charge < -0.3 is 14.7 Å². The third-order valence-corrected chi connectivity index (χ3v) is 7.32. The molecule has 1 N–H and O–H groups in total. The molecule has 3 aromatic rings. The Labute approximate surface area is 238 Å². The van der Waals surface area contributed by atoms with Crippen molar-refractivity contribution in [2.75, 3.05) is 25.0 Å². The normalized spacial score (nSPS) is 16.2. The molecule has 1 spiro atoms. The number of piperidine rings is 1. The Morgan fingerprint density at radius 3 is 2.12 bits per heavy atom. The molecule has 0 saturated carbocycles. The van der Waals surface area contributed by atoms with Crippen LogP contribution in [0, 0.1) is 5.82 Å². The van der Waals surface area contributed by atoms with E-state index in [-0.39, 0.29) is 11.6 Å². The topological polar surface area (TPSA) is 110 Å². The van der Waals surface area contributed by atoms with Crippen LogP contribution in [0.15, 0.2) is 58.1 Å². The number of aliphatic carboxylic acids is 1. The average Bonchev–Trinajstić information content (AvgIpc) is 3.20. The van der Waals surface area contributed by atoms with E-state index in [9.17, 15) is 27.2 Å². The minimum atomic E-state index is -5.08. The summed E-state index contributed by atoms with van der Waals surface area (Å²) in [5.74, 6) is -1.83. The molecule has 1 aromatic heterocycles. The van der Waals surface area contributed by atoms with Crippen LogP contribution in [0.1, 0.15) is 32.3 Å². The molecule has 0 aliphatic carbocycles. The Bertz CT molecular complexity index is 1530. The first-order chi connectivity index (χ1) is 19.7. The van der Waals surface area contributed by atoms with E-state index in [0.717, 1.165) is 42.9 Å². The van der Waals surface area contributed by atoms with Gasteiger partial charge in [0.1, 0.15) is 11.6 Å². The molecule has 0 bridgehead atoms. The van der Waals surface area contributed by atoms with Crippen molar-refractivity contribution in [1.82, 2.24) is 19.2 Å². The number of hydrogen-bond donors (Lipinski definition) is 1. The van der Waals surface area contributed by atoms with Crippen LogP contribution in [-0.2, 0) is 17.9 Å². The highest BCUT2D eigenvalue weighted by atomic mass is 19.4. The van der Waals surface area contributed by atoms with E-state index in [0.29, 0.717) is 18.2 Å². The summed E-state index contributed by atoms with van der Waals surface area (Å²) < 4.78 is 53.4. The Hall–Kier alpha value is -4.20. The van der Waals surface area contributed by atoms with Crippen LogP contribution in [0.3, 0.4) is 0 Å². The van der Waals surface area contributed by atoms with E-state index in [1.165, 1.54) is 34.4 Å². The first kappa shape index (κ1) is 30.8. The second kappa shape index (κ2) is 12.0. The Kier molecular flexibility index (Phi) is 8.76. The van der Waals surface area contributed by atoms with Gasteiger partial charge in [0.05, 0.1) is 23.9 Å². The van der Waals surface area contributed by atoms with Gasteiger partial charge in [-0.2, -0.15) is 17.9 Å². The van der Waals surface area contributed by atoms with Crippen molar-refractivity contribution in [1.29, 1.82) is 0 Å². The van der Waals surface area contributed by atoms with E-state index in [2.05, 4.69) is 22.1 Å². The number of rotatable bonds is 5. The van der Waals surface area contributed by atoms with Gasteiger partial charge in [0.25, 0.3) is 0 Å². The fourth-order valence-corrected chi connectivity index (χ4v) is 5.07. The van der Waals surface area contributed by atoms with E-state index in [1.807, 2.05) is 37.9 Å². The summed E-state index contributed by atoms with van der Waals surface area (Å²) >= 11 is 0. The lowest BCUT2D eigenvalue weighted by Crippen LogP contribution is -2.53. The van der Waals surface area contributed by atoms with Crippen molar-refractivity contribution < 1.29 is 32.2 Å². The molecule has 10 nitrogen and oxygen atoms in total. The first-order valence-electron chi connectivity index (χ1n) is 13.2. The maximum atomic E-state index is 13.3. The summed E-state index contributed by atoms with van der Waals surface area (Å²) in [4.78, 5) is 39.1. The predicted molar refractivity (Wildman–Crippen MR) is 146 cm³/mol. The van der Waals surface area contributed by atoms with Crippen molar-refractivity contribution in [3.8, 4) is 11.4 Å². The molecule has 0 radical (unpaired) electrons. The smallest absolute Gasteiger partial charge is 0.490 e. The molecule has 5 rings (SSSR count). The molecule has 2 aliphatic heterocycles. The van der Waals surface area contributed by atoms with Gasteiger partial charge in [0.15, 0.2) is 0 Å². The number of hydrogen-bond acceptors (Lipinski definition) is 7. The van der Waals surface area contributed by atoms with Gasteiger partial charge in [0.2, 0.25) is 5.95 Å². The Balaban J connectivity index is 0.000000517. The van der Waals surface area contributed by atoms with Crippen molar-refractivity contribution in [3.63, 3.8) is 0 Å². The van der Waals surface area contributed by atoms with Crippen LogP contribution in [0.25, 0.3) is 5.69 Å². The summed E-state index contributed by atoms with van der Waals surface area (Å²) in [7, 11) is 1.94. The number of carbonyl (C=O) groups is 1. The van der Waals surface area contributed by atoms with Crippen LogP contribution >= 0.6 is 0 Å². The summed E-state index contributed by atoms with van der Waals surface area (Å²) in [6, 6.07) is 13.6. The van der Waals surface area contributed by atoms with E-state index in [4.69, 9.17) is 14.6 Å². The van der Waals surface area contributed by atoms with Gasteiger partial charge in [-0.15, -0.1) is 5.10 Å². The third kappa shape index (κ3) is 6.64. The monoisotopic (exact) mass is 593 g/mol. The number of alkyl halides is 3. The Morgan fingerprint density at radius 2 is 1.60 bits per heavy atom. The molecule has 42 heavy (non-hydrogen) atoms. The molecule has 0 amide bonds. The highest BCUT2D eigenvalue weighted by Gasteiger charge is 2.46. The number of ether oxygens (including phenoxy) is 1. The summed E-state index contributed by atoms with van der Waals surface area (Å²) in [5.41, 5.74) is 0.00141. The van der Waals surface area contributed by atoms with E-state index >= 15 is 0 Å². The van der Waals surface area contributed by atoms with Gasteiger partial charge in [-0.3, -0.25) is 19.1 Å². The van der Waals surface area contributed by atoms with E-state index in [1.54, 1.807) is 0 Å². The molecule has 226 valence electrons. The number of benzene rings is 2. The van der Waals surface area contributed by atoms with Gasteiger partial charge in [-0.25, -0.2) is 9.18 Å². The third-order valence-electron chi connectivity index (χ3n) is 7.32. The minimum absolute atomic E-state index is 0.150. The number of halogens is 4. The maximum absolute atomic E-state index is 13.3. The zero-order chi connectivity index (χ0) is 30.8. The molecule has 2 aromatic carbocycles. The fourth-order valence-electron chi connectivity index (χ4n) is 5.07. The second-order valence-electron chi connectivity index (χ2n) is 10.6. The fraction of sp³-hybridized carbons (Fsp3) is 0.429. The second-order valence-corrected chi connectivity index (χ2v) is 10.6. The van der Waals surface area contributed by atoms with E-state index < -0.39 is 29.1 Å². The molecule has 1 saturated heterocycles. The Morgan fingerprint density at radius 1 is 1.02 bits per heavy atom. The zero-order valence-electron chi connectivity index (χ0n) is 23.3. The first-order valence-corrected chi connectivity index (χ1v) is 13.2. The SMILES string of the molecule is CC(C)Oc1ccc(CN2CCC3(CC2)Cn2c(nn(-c4ccc(F)cc4)c(=O)c2=O)N3C)cc1.O=C(O)C(F)(F)F. The quantitative estimate of drug-likeness (QED) is 0.354. The molecule has 3 heterocycles. The lowest BCUT2D eigenvalue weighted by atomic mass is 9.87. The molecule has 0 atom stereocenters. The molecular weight excluding hydrogens is 562 g/mol. The molecule has 0 unspecified atom stereocenters. The van der Waals surface area contributed by atoms with Crippen molar-refractivity contribution in [2.24, 2.45) is 0 Å². The number of anilines is 1. The number of nitrogens with zero attached hydrogens (tertiary/aromatic N) is 5. The average molecular weight is 594 g/mol. The summed E-state index contributed by atoms with van der Waals surface area (Å²) in [5, 5.41) is 11.6. The summed E-state index contributed by atoms with van der Waals surface area (Å²) in [6.07, 6.45) is -3.23. The van der Waals surface area contributed by atoms with Crippen LogP contribution in [-0.4, -0.2) is 68.3 Å². The number of aromatic nitrogens is 3. The van der Waals surface area contributed by atoms with Gasteiger partial charge in [0, 0.05) is 26.7 Å². The maximum Gasteiger partial charge on any atom is 0.490 e. The molecule has 2 aliphatic rings. The highest BCUT2D eigenvalue weighted by molar-refractivity contribution is 5.73. The number of carboxylic acids is 1. The van der Waals surface area contributed by atoms with Crippen LogP contribution < -0.4 is 20.8 Å². The van der Waals surface area contributed by atoms with Crippen LogP contribution in [0.4, 0.5) is 23.5 Å². The molecular formula is C28H31F4N5O5. The number of likely N-dealkylation sites (tertiary alicyclic amines) is 1. The molecule has 1 fully saturated rings. The van der Waals surface area contributed by atoms with Crippen LogP contribution in [0.2, 0.25) is 0 Å². The number of fused-ring (bicyclic) bond motifs is 1. The minimum Gasteiger partial charge on any atom is -0.491 e. The zero-order valence-corrected chi connectivity index (χ0v) is 23.3. The van der Waals surface area contributed by atoms with Gasteiger partial charge in [-0.05, 0) is 68.7 Å². The van der Waals surface area contributed by atoms with Gasteiger partial charge >= 0.3 is 23.3 Å². The highest BCUT2D eigenvalue weighted by Crippen LogP contribution is 2.37. The number of carboxylic acid groups (broad SMARTS) is 1.